The Bertz CT molecular complexity index is 233. The van der Waals surface area contributed by atoms with E-state index in [4.69, 9.17) is 0 Å². The Morgan fingerprint density at radius 1 is 1.05 bits per heavy atom. The van der Waals surface area contributed by atoms with Gasteiger partial charge in [-0.25, -0.2) is 0 Å². The average molecular weight is 285 g/mol. The molecule has 2 nitrogen and oxygen atoms in total. The van der Waals surface area contributed by atoms with E-state index < -0.39 is 0 Å². The van der Waals surface area contributed by atoms with Crippen LogP contribution in [0.4, 0.5) is 0 Å². The Morgan fingerprint density at radius 3 is 2.63 bits per heavy atom. The number of thioether (sulfide) groups is 1. The maximum atomic E-state index is 3.84. The van der Waals surface area contributed by atoms with Crippen molar-refractivity contribution in [1.82, 2.24) is 10.2 Å². The van der Waals surface area contributed by atoms with Crippen molar-refractivity contribution in [3.05, 3.63) is 0 Å². The highest BCUT2D eigenvalue weighted by Crippen LogP contribution is 2.30. The SMILES string of the molecule is CSCCCCCCN1CCNC2(CCCCC2)C1. The van der Waals surface area contributed by atoms with Gasteiger partial charge in [0.15, 0.2) is 0 Å². The van der Waals surface area contributed by atoms with E-state index in [0.717, 1.165) is 0 Å². The lowest BCUT2D eigenvalue weighted by Gasteiger charge is -2.46. The highest BCUT2D eigenvalue weighted by Gasteiger charge is 2.35. The van der Waals surface area contributed by atoms with Crippen molar-refractivity contribution in [3.8, 4) is 0 Å². The van der Waals surface area contributed by atoms with Gasteiger partial charge in [-0.15, -0.1) is 0 Å². The highest BCUT2D eigenvalue weighted by atomic mass is 32.2. The van der Waals surface area contributed by atoms with Gasteiger partial charge in [-0.3, -0.25) is 0 Å². The second kappa shape index (κ2) is 8.53. The van der Waals surface area contributed by atoms with E-state index in [1.165, 1.54) is 89.7 Å². The van der Waals surface area contributed by atoms with Crippen LogP contribution in [0.1, 0.15) is 57.8 Å². The molecule has 1 aliphatic heterocycles. The molecule has 19 heavy (non-hydrogen) atoms. The predicted octanol–water partition coefficient (Wildman–Crippen LogP) is 3.52. The van der Waals surface area contributed by atoms with E-state index in [0.29, 0.717) is 5.54 Å². The van der Waals surface area contributed by atoms with E-state index >= 15 is 0 Å². The normalized spacial score (nSPS) is 23.8. The number of piperazine rings is 1. The van der Waals surface area contributed by atoms with Gasteiger partial charge in [0, 0.05) is 25.2 Å². The van der Waals surface area contributed by atoms with Crippen LogP contribution < -0.4 is 5.32 Å². The molecule has 0 atom stereocenters. The first-order valence-electron chi connectivity index (χ1n) is 8.31. The van der Waals surface area contributed by atoms with Crippen LogP contribution in [0.5, 0.6) is 0 Å². The summed E-state index contributed by atoms with van der Waals surface area (Å²) in [4.78, 5) is 2.73. The molecular formula is C16H32N2S. The van der Waals surface area contributed by atoms with Crippen molar-refractivity contribution >= 4 is 11.8 Å². The fourth-order valence-electron chi connectivity index (χ4n) is 3.73. The van der Waals surface area contributed by atoms with Crippen LogP contribution in [0.3, 0.4) is 0 Å². The van der Waals surface area contributed by atoms with Gasteiger partial charge in [0.25, 0.3) is 0 Å². The number of hydrogen-bond acceptors (Lipinski definition) is 3. The topological polar surface area (TPSA) is 15.3 Å². The van der Waals surface area contributed by atoms with Crippen LogP contribution in [0.25, 0.3) is 0 Å². The maximum absolute atomic E-state index is 3.84. The molecule has 0 unspecified atom stereocenters. The molecule has 1 spiro atoms. The van der Waals surface area contributed by atoms with Crippen LogP contribution in [0.2, 0.25) is 0 Å². The van der Waals surface area contributed by atoms with Gasteiger partial charge in [0.2, 0.25) is 0 Å². The molecule has 0 aromatic carbocycles. The van der Waals surface area contributed by atoms with Crippen molar-refractivity contribution < 1.29 is 0 Å². The van der Waals surface area contributed by atoms with Gasteiger partial charge in [-0.05, 0) is 44.2 Å². The second-order valence-electron chi connectivity index (χ2n) is 6.45. The van der Waals surface area contributed by atoms with Crippen LogP contribution >= 0.6 is 11.8 Å². The highest BCUT2D eigenvalue weighted by molar-refractivity contribution is 7.98. The summed E-state index contributed by atoms with van der Waals surface area (Å²) in [5.74, 6) is 1.34. The van der Waals surface area contributed by atoms with Gasteiger partial charge in [0.05, 0.1) is 0 Å². The first kappa shape index (κ1) is 15.7. The first-order valence-corrected chi connectivity index (χ1v) is 9.70. The third kappa shape index (κ3) is 5.28. The van der Waals surface area contributed by atoms with Gasteiger partial charge in [0.1, 0.15) is 0 Å². The summed E-state index contributed by atoms with van der Waals surface area (Å²) in [5.41, 5.74) is 0.495. The number of hydrogen-bond donors (Lipinski definition) is 1. The number of unbranched alkanes of at least 4 members (excludes halogenated alkanes) is 3. The second-order valence-corrected chi connectivity index (χ2v) is 7.44. The number of rotatable bonds is 7. The minimum Gasteiger partial charge on any atom is -0.309 e. The molecule has 1 saturated heterocycles. The zero-order valence-electron chi connectivity index (χ0n) is 12.8. The summed E-state index contributed by atoms with van der Waals surface area (Å²) in [6.07, 6.45) is 15.1. The van der Waals surface area contributed by atoms with Crippen molar-refractivity contribution in [2.75, 3.05) is 38.2 Å². The van der Waals surface area contributed by atoms with Crippen LogP contribution in [-0.2, 0) is 0 Å². The molecule has 0 aromatic rings. The summed E-state index contributed by atoms with van der Waals surface area (Å²) >= 11 is 1.98. The van der Waals surface area contributed by atoms with Gasteiger partial charge >= 0.3 is 0 Å². The van der Waals surface area contributed by atoms with E-state index in [2.05, 4.69) is 16.5 Å². The van der Waals surface area contributed by atoms with Crippen LogP contribution in [0, 0.1) is 0 Å². The fraction of sp³-hybridized carbons (Fsp3) is 1.00. The summed E-state index contributed by atoms with van der Waals surface area (Å²) < 4.78 is 0. The Labute approximate surface area is 124 Å². The predicted molar refractivity (Wildman–Crippen MR) is 87.1 cm³/mol. The molecule has 0 aromatic heterocycles. The molecule has 0 radical (unpaired) electrons. The van der Waals surface area contributed by atoms with Crippen LogP contribution in [-0.4, -0.2) is 48.6 Å². The lowest BCUT2D eigenvalue weighted by atomic mass is 9.80. The molecule has 2 aliphatic rings. The van der Waals surface area contributed by atoms with Crippen molar-refractivity contribution in [2.24, 2.45) is 0 Å². The van der Waals surface area contributed by atoms with Crippen molar-refractivity contribution in [3.63, 3.8) is 0 Å². The third-order valence-electron chi connectivity index (χ3n) is 4.84. The molecule has 112 valence electrons. The molecule has 0 amide bonds. The number of nitrogens with zero attached hydrogens (tertiary/aromatic N) is 1. The minimum atomic E-state index is 0.495. The molecule has 3 heteroatoms. The fourth-order valence-corrected chi connectivity index (χ4v) is 4.22. The Morgan fingerprint density at radius 2 is 1.84 bits per heavy atom. The van der Waals surface area contributed by atoms with Gasteiger partial charge < -0.3 is 10.2 Å². The average Bonchev–Trinajstić information content (AvgIpc) is 2.44. The van der Waals surface area contributed by atoms with E-state index in [1.54, 1.807) is 0 Å². The minimum absolute atomic E-state index is 0.495. The summed E-state index contributed by atoms with van der Waals surface area (Å²) in [7, 11) is 0. The molecule has 2 rings (SSSR count). The Hall–Kier alpha value is 0.270. The summed E-state index contributed by atoms with van der Waals surface area (Å²) in [6.45, 7) is 5.14. The molecule has 1 heterocycles. The monoisotopic (exact) mass is 284 g/mol. The first-order chi connectivity index (χ1) is 9.35. The Balaban J connectivity index is 1.61. The zero-order valence-corrected chi connectivity index (χ0v) is 13.6. The molecular weight excluding hydrogens is 252 g/mol. The summed E-state index contributed by atoms with van der Waals surface area (Å²) in [5, 5.41) is 3.84. The van der Waals surface area contributed by atoms with Gasteiger partial charge in [-0.2, -0.15) is 11.8 Å². The van der Waals surface area contributed by atoms with Gasteiger partial charge in [-0.1, -0.05) is 32.1 Å². The molecule has 0 bridgehead atoms. The van der Waals surface area contributed by atoms with Crippen molar-refractivity contribution in [1.29, 1.82) is 0 Å². The molecule has 1 aliphatic carbocycles. The molecule has 1 N–H and O–H groups in total. The quantitative estimate of drug-likeness (QED) is 0.720. The van der Waals surface area contributed by atoms with E-state index in [1.807, 2.05) is 11.8 Å². The third-order valence-corrected chi connectivity index (χ3v) is 5.53. The molecule has 2 fully saturated rings. The van der Waals surface area contributed by atoms with E-state index in [-0.39, 0.29) is 0 Å². The van der Waals surface area contributed by atoms with Crippen LogP contribution in [0.15, 0.2) is 0 Å². The maximum Gasteiger partial charge on any atom is 0.0309 e. The largest absolute Gasteiger partial charge is 0.309 e. The smallest absolute Gasteiger partial charge is 0.0309 e. The lowest BCUT2D eigenvalue weighted by Crippen LogP contribution is -2.61. The van der Waals surface area contributed by atoms with Crippen molar-refractivity contribution in [2.45, 2.75) is 63.3 Å². The lowest BCUT2D eigenvalue weighted by molar-refractivity contribution is 0.0981. The van der Waals surface area contributed by atoms with E-state index in [9.17, 15) is 0 Å². The molecule has 1 saturated carbocycles. The number of nitrogens with one attached hydrogen (secondary N) is 1. The standard InChI is InChI=1S/C16H32N2S/c1-19-14-8-3-2-7-12-18-13-11-17-16(15-18)9-5-4-6-10-16/h17H,2-15H2,1H3. The zero-order chi connectivity index (χ0) is 13.4. The Kier molecular flexibility index (Phi) is 7.03. The summed E-state index contributed by atoms with van der Waals surface area (Å²) in [6, 6.07) is 0.